The molecular formula is C20H18ClFN2O4S. The lowest BCUT2D eigenvalue weighted by atomic mass is 10.1. The predicted molar refractivity (Wildman–Crippen MR) is 105 cm³/mol. The predicted octanol–water partition coefficient (Wildman–Crippen LogP) is 2.36. The number of carbonyl (C=O) groups is 1. The quantitative estimate of drug-likeness (QED) is 0.746. The molecule has 152 valence electrons. The average Bonchev–Trinajstić information content (AvgIpc) is 3.29. The molecule has 2 aromatic carbocycles. The zero-order chi connectivity index (χ0) is 20.8. The molecule has 1 atom stereocenters. The molecule has 2 aliphatic heterocycles. The lowest BCUT2D eigenvalue weighted by Gasteiger charge is -2.24. The van der Waals surface area contributed by atoms with Crippen molar-refractivity contribution in [2.24, 2.45) is 0 Å². The van der Waals surface area contributed by atoms with E-state index in [9.17, 15) is 22.7 Å². The molecule has 9 heteroatoms. The van der Waals surface area contributed by atoms with Gasteiger partial charge in [-0.2, -0.15) is 4.31 Å². The molecule has 0 fully saturated rings. The van der Waals surface area contributed by atoms with Crippen molar-refractivity contribution in [1.29, 1.82) is 0 Å². The van der Waals surface area contributed by atoms with Crippen LogP contribution in [0, 0.1) is 5.82 Å². The Bertz CT molecular complexity index is 1090. The van der Waals surface area contributed by atoms with Crippen LogP contribution in [0.5, 0.6) is 0 Å². The Hall–Kier alpha value is -2.26. The Labute approximate surface area is 172 Å². The van der Waals surface area contributed by atoms with Gasteiger partial charge < -0.3 is 10.0 Å². The summed E-state index contributed by atoms with van der Waals surface area (Å²) in [7, 11) is -3.96. The molecule has 2 aliphatic rings. The Morgan fingerprint density at radius 1 is 1.03 bits per heavy atom. The minimum absolute atomic E-state index is 0.0405. The summed E-state index contributed by atoms with van der Waals surface area (Å²) in [6.45, 7) is 0.716. The molecular weight excluding hydrogens is 419 g/mol. The van der Waals surface area contributed by atoms with Gasteiger partial charge in [0.05, 0.1) is 5.02 Å². The first-order valence-corrected chi connectivity index (χ1v) is 10.8. The second kappa shape index (κ2) is 7.53. The zero-order valence-electron chi connectivity index (χ0n) is 15.3. The van der Waals surface area contributed by atoms with Crippen molar-refractivity contribution in [3.63, 3.8) is 0 Å². The first kappa shape index (κ1) is 20.0. The number of sulfonamides is 1. The SMILES string of the molecule is O=C([C@H](O)c1ccccc1)N1CC2=C(C1)CN(S(=O)(=O)c1cc(F)ccc1Cl)C2. The van der Waals surface area contributed by atoms with E-state index in [0.29, 0.717) is 5.56 Å². The fraction of sp³-hybridized carbons (Fsp3) is 0.250. The normalized spacial score (nSPS) is 18.2. The van der Waals surface area contributed by atoms with Gasteiger partial charge in [0.1, 0.15) is 10.7 Å². The largest absolute Gasteiger partial charge is 0.378 e. The molecule has 4 rings (SSSR count). The standard InChI is InChI=1S/C20H18ClFN2O4S/c21-17-7-6-16(22)8-18(17)29(27,28)24-11-14-9-23(10-15(14)12-24)20(26)19(25)13-4-2-1-3-5-13/h1-8,19,25H,9-12H2/t19-/m1/s1. The summed E-state index contributed by atoms with van der Waals surface area (Å²) in [5, 5.41) is 10.3. The van der Waals surface area contributed by atoms with E-state index in [1.54, 1.807) is 30.3 Å². The molecule has 0 spiro atoms. The molecule has 0 unspecified atom stereocenters. The number of hydrogen-bond acceptors (Lipinski definition) is 4. The van der Waals surface area contributed by atoms with Crippen LogP contribution >= 0.6 is 11.6 Å². The number of carbonyl (C=O) groups excluding carboxylic acids is 1. The smallest absolute Gasteiger partial charge is 0.256 e. The second-order valence-electron chi connectivity index (χ2n) is 7.06. The number of amides is 1. The summed E-state index contributed by atoms with van der Waals surface area (Å²) in [6, 6.07) is 11.9. The molecule has 1 amide bonds. The van der Waals surface area contributed by atoms with E-state index in [1.807, 2.05) is 0 Å². The van der Waals surface area contributed by atoms with E-state index < -0.39 is 27.9 Å². The lowest BCUT2D eigenvalue weighted by Crippen LogP contribution is -2.38. The van der Waals surface area contributed by atoms with Crippen molar-refractivity contribution in [3.05, 3.63) is 76.1 Å². The first-order chi connectivity index (χ1) is 13.8. The Morgan fingerprint density at radius 2 is 1.66 bits per heavy atom. The number of nitrogens with zero attached hydrogens (tertiary/aromatic N) is 2. The van der Waals surface area contributed by atoms with Crippen LogP contribution in [0.3, 0.4) is 0 Å². The third kappa shape index (κ3) is 3.69. The molecule has 0 saturated heterocycles. The summed E-state index contributed by atoms with van der Waals surface area (Å²) in [4.78, 5) is 13.9. The first-order valence-electron chi connectivity index (χ1n) is 8.94. The van der Waals surface area contributed by atoms with Crippen LogP contribution in [0.15, 0.2) is 64.6 Å². The van der Waals surface area contributed by atoms with E-state index in [0.717, 1.165) is 23.3 Å². The molecule has 0 saturated carbocycles. The minimum Gasteiger partial charge on any atom is -0.378 e. The lowest BCUT2D eigenvalue weighted by molar-refractivity contribution is -0.139. The summed E-state index contributed by atoms with van der Waals surface area (Å²) >= 11 is 5.97. The topological polar surface area (TPSA) is 77.9 Å². The van der Waals surface area contributed by atoms with Crippen LogP contribution in [-0.4, -0.2) is 54.8 Å². The third-order valence-electron chi connectivity index (χ3n) is 5.17. The fourth-order valence-corrected chi connectivity index (χ4v) is 5.55. The zero-order valence-corrected chi connectivity index (χ0v) is 16.8. The van der Waals surface area contributed by atoms with Gasteiger partial charge in [-0.3, -0.25) is 4.79 Å². The van der Waals surface area contributed by atoms with Crippen LogP contribution in [0.4, 0.5) is 4.39 Å². The van der Waals surface area contributed by atoms with Crippen molar-refractivity contribution in [2.75, 3.05) is 26.2 Å². The van der Waals surface area contributed by atoms with Crippen molar-refractivity contribution in [2.45, 2.75) is 11.0 Å². The summed E-state index contributed by atoms with van der Waals surface area (Å²) in [5.41, 5.74) is 2.14. The minimum atomic E-state index is -3.96. The number of rotatable bonds is 4. The molecule has 0 bridgehead atoms. The number of aliphatic hydroxyl groups is 1. The average molecular weight is 437 g/mol. The van der Waals surface area contributed by atoms with Crippen molar-refractivity contribution < 1.29 is 22.7 Å². The van der Waals surface area contributed by atoms with Crippen molar-refractivity contribution >= 4 is 27.5 Å². The maximum atomic E-state index is 13.5. The summed E-state index contributed by atoms with van der Waals surface area (Å²) < 4.78 is 40.5. The highest BCUT2D eigenvalue weighted by Gasteiger charge is 2.39. The van der Waals surface area contributed by atoms with Gasteiger partial charge in [0.25, 0.3) is 5.91 Å². The molecule has 0 aromatic heterocycles. The van der Waals surface area contributed by atoms with E-state index in [4.69, 9.17) is 11.6 Å². The van der Waals surface area contributed by atoms with Crippen LogP contribution in [0.2, 0.25) is 5.02 Å². The molecule has 6 nitrogen and oxygen atoms in total. The van der Waals surface area contributed by atoms with Gasteiger partial charge in [0.15, 0.2) is 6.10 Å². The molecule has 0 radical (unpaired) electrons. The van der Waals surface area contributed by atoms with Gasteiger partial charge >= 0.3 is 0 Å². The van der Waals surface area contributed by atoms with Gasteiger partial charge in [0.2, 0.25) is 10.0 Å². The number of halogens is 2. The number of benzene rings is 2. The van der Waals surface area contributed by atoms with Crippen LogP contribution in [-0.2, 0) is 14.8 Å². The molecule has 29 heavy (non-hydrogen) atoms. The highest BCUT2D eigenvalue weighted by molar-refractivity contribution is 7.89. The maximum Gasteiger partial charge on any atom is 0.256 e. The van der Waals surface area contributed by atoms with Gasteiger partial charge in [-0.25, -0.2) is 12.8 Å². The van der Waals surface area contributed by atoms with Crippen molar-refractivity contribution in [3.8, 4) is 0 Å². The molecule has 2 aromatic rings. The summed E-state index contributed by atoms with van der Waals surface area (Å²) in [5.74, 6) is -1.10. The highest BCUT2D eigenvalue weighted by Crippen LogP contribution is 2.33. The van der Waals surface area contributed by atoms with Crippen LogP contribution < -0.4 is 0 Å². The fourth-order valence-electron chi connectivity index (χ4n) is 3.64. The number of hydrogen-bond donors (Lipinski definition) is 1. The van der Waals surface area contributed by atoms with E-state index in [-0.39, 0.29) is 36.1 Å². The van der Waals surface area contributed by atoms with Crippen LogP contribution in [0.1, 0.15) is 11.7 Å². The van der Waals surface area contributed by atoms with Gasteiger partial charge in [0, 0.05) is 26.2 Å². The monoisotopic (exact) mass is 436 g/mol. The third-order valence-corrected chi connectivity index (χ3v) is 7.44. The Kier molecular flexibility index (Phi) is 5.20. The second-order valence-corrected chi connectivity index (χ2v) is 9.38. The number of aliphatic hydroxyl groups excluding tert-OH is 1. The summed E-state index contributed by atoms with van der Waals surface area (Å²) in [6.07, 6.45) is -1.26. The van der Waals surface area contributed by atoms with Gasteiger partial charge in [-0.15, -0.1) is 0 Å². The van der Waals surface area contributed by atoms with Crippen LogP contribution in [0.25, 0.3) is 0 Å². The Morgan fingerprint density at radius 3 is 2.28 bits per heavy atom. The van der Waals surface area contributed by atoms with Crippen molar-refractivity contribution in [1.82, 2.24) is 9.21 Å². The van der Waals surface area contributed by atoms with Gasteiger partial charge in [-0.05, 0) is 34.9 Å². The molecule has 0 aliphatic carbocycles. The van der Waals surface area contributed by atoms with E-state index in [2.05, 4.69) is 0 Å². The van der Waals surface area contributed by atoms with E-state index in [1.165, 1.54) is 15.3 Å². The van der Waals surface area contributed by atoms with E-state index >= 15 is 0 Å². The maximum absolute atomic E-state index is 13.5. The highest BCUT2D eigenvalue weighted by atomic mass is 35.5. The van der Waals surface area contributed by atoms with Gasteiger partial charge in [-0.1, -0.05) is 41.9 Å². The Balaban J connectivity index is 1.45. The molecule has 1 N–H and O–H groups in total. The molecule has 2 heterocycles.